The number of phenolic OH excluding ortho intramolecular Hbond substituents is 1. The van der Waals surface area contributed by atoms with Crippen LogP contribution in [0.2, 0.25) is 0 Å². The molecule has 2 aromatic carbocycles. The predicted octanol–water partition coefficient (Wildman–Crippen LogP) is 3.12. The summed E-state index contributed by atoms with van der Waals surface area (Å²) in [5, 5.41) is 20.6. The molecule has 0 saturated heterocycles. The third-order valence-corrected chi connectivity index (χ3v) is 2.91. The van der Waals surface area contributed by atoms with Crippen LogP contribution in [0.4, 0.5) is 0 Å². The summed E-state index contributed by atoms with van der Waals surface area (Å²) in [4.78, 5) is 10.7. The van der Waals surface area contributed by atoms with Crippen molar-refractivity contribution >= 4 is 16.7 Å². The molecule has 0 aliphatic rings. The van der Waals surface area contributed by atoms with Gasteiger partial charge in [-0.3, -0.25) is 4.79 Å². The van der Waals surface area contributed by atoms with E-state index in [-0.39, 0.29) is 18.1 Å². The van der Waals surface area contributed by atoms with Crippen molar-refractivity contribution in [3.05, 3.63) is 42.0 Å². The first-order valence-corrected chi connectivity index (χ1v) is 5.51. The van der Waals surface area contributed by atoms with Crippen LogP contribution in [0.25, 0.3) is 10.8 Å². The molecule has 0 aliphatic carbocycles. The van der Waals surface area contributed by atoms with E-state index in [1.54, 1.807) is 13.0 Å². The number of rotatable bonds is 3. The van der Waals surface area contributed by atoms with Crippen LogP contribution in [0.3, 0.4) is 0 Å². The minimum Gasteiger partial charge on any atom is -0.508 e. The number of hydrogen-bond acceptors (Lipinski definition) is 2. The Morgan fingerprint density at radius 1 is 1.24 bits per heavy atom. The molecule has 2 aromatic rings. The molecule has 88 valence electrons. The maximum atomic E-state index is 10.7. The molecule has 0 fully saturated rings. The van der Waals surface area contributed by atoms with Crippen molar-refractivity contribution in [2.24, 2.45) is 0 Å². The number of carboxylic acids is 1. The Kier molecular flexibility index (Phi) is 3.00. The van der Waals surface area contributed by atoms with Crippen molar-refractivity contribution in [3.63, 3.8) is 0 Å². The Hall–Kier alpha value is -2.03. The van der Waals surface area contributed by atoms with Crippen molar-refractivity contribution in [2.75, 3.05) is 0 Å². The second-order valence-electron chi connectivity index (χ2n) is 4.26. The minimum absolute atomic E-state index is 0.0197. The topological polar surface area (TPSA) is 57.5 Å². The Morgan fingerprint density at radius 2 is 1.82 bits per heavy atom. The quantitative estimate of drug-likeness (QED) is 0.851. The van der Waals surface area contributed by atoms with Crippen molar-refractivity contribution in [1.82, 2.24) is 0 Å². The second kappa shape index (κ2) is 4.45. The molecule has 0 saturated carbocycles. The number of fused-ring (bicyclic) bond motifs is 1. The summed E-state index contributed by atoms with van der Waals surface area (Å²) in [6, 6.07) is 11.2. The summed E-state index contributed by atoms with van der Waals surface area (Å²) in [5.41, 5.74) is 0.686. The molecule has 0 aromatic heterocycles. The number of carbonyl (C=O) groups is 1. The largest absolute Gasteiger partial charge is 0.508 e. The van der Waals surface area contributed by atoms with Gasteiger partial charge in [-0.15, -0.1) is 0 Å². The van der Waals surface area contributed by atoms with E-state index in [9.17, 15) is 9.90 Å². The summed E-state index contributed by atoms with van der Waals surface area (Å²) < 4.78 is 0. The van der Waals surface area contributed by atoms with Gasteiger partial charge in [-0.2, -0.15) is 0 Å². The first kappa shape index (κ1) is 11.5. The van der Waals surface area contributed by atoms with E-state index < -0.39 is 5.97 Å². The molecule has 3 heteroatoms. The standard InChI is InChI=1S/C14H14O3/c1-9(6-14(16)17)12-7-10-4-2-3-5-11(10)8-13(12)15/h2-5,7-9,15H,6H2,1H3,(H,16,17). The number of hydrogen-bond donors (Lipinski definition) is 2. The number of aliphatic carboxylic acids is 1. The highest BCUT2D eigenvalue weighted by Gasteiger charge is 2.14. The monoisotopic (exact) mass is 230 g/mol. The van der Waals surface area contributed by atoms with Gasteiger partial charge in [0.15, 0.2) is 0 Å². The molecule has 0 amide bonds. The van der Waals surface area contributed by atoms with Crippen molar-refractivity contribution in [3.8, 4) is 5.75 Å². The van der Waals surface area contributed by atoms with Crippen LogP contribution in [-0.4, -0.2) is 16.2 Å². The van der Waals surface area contributed by atoms with Gasteiger partial charge < -0.3 is 10.2 Å². The molecule has 3 nitrogen and oxygen atoms in total. The smallest absolute Gasteiger partial charge is 0.303 e. The van der Waals surface area contributed by atoms with E-state index in [1.807, 2.05) is 30.3 Å². The van der Waals surface area contributed by atoms with Gasteiger partial charge in [-0.05, 0) is 34.4 Å². The van der Waals surface area contributed by atoms with Crippen molar-refractivity contribution in [2.45, 2.75) is 19.3 Å². The Morgan fingerprint density at radius 3 is 2.41 bits per heavy atom. The zero-order chi connectivity index (χ0) is 12.4. The lowest BCUT2D eigenvalue weighted by Crippen LogP contribution is -2.03. The summed E-state index contributed by atoms with van der Waals surface area (Å²) in [7, 11) is 0. The van der Waals surface area contributed by atoms with E-state index in [2.05, 4.69) is 0 Å². The van der Waals surface area contributed by atoms with E-state index in [0.29, 0.717) is 5.56 Å². The van der Waals surface area contributed by atoms with Crippen LogP contribution in [0.15, 0.2) is 36.4 Å². The van der Waals surface area contributed by atoms with Crippen LogP contribution >= 0.6 is 0 Å². The highest BCUT2D eigenvalue weighted by Crippen LogP contribution is 2.32. The maximum Gasteiger partial charge on any atom is 0.303 e. The molecule has 17 heavy (non-hydrogen) atoms. The molecule has 0 heterocycles. The van der Waals surface area contributed by atoms with Crippen molar-refractivity contribution in [1.29, 1.82) is 0 Å². The fourth-order valence-corrected chi connectivity index (χ4v) is 2.01. The molecule has 2 N–H and O–H groups in total. The summed E-state index contributed by atoms with van der Waals surface area (Å²) in [6.45, 7) is 1.80. The molecule has 0 spiro atoms. The van der Waals surface area contributed by atoms with Gasteiger partial charge in [0.05, 0.1) is 6.42 Å². The van der Waals surface area contributed by atoms with Gasteiger partial charge in [0, 0.05) is 0 Å². The SMILES string of the molecule is CC(CC(=O)O)c1cc2ccccc2cc1O. The Labute approximate surface area is 99.3 Å². The maximum absolute atomic E-state index is 10.7. The summed E-state index contributed by atoms with van der Waals surface area (Å²) >= 11 is 0. The molecule has 2 rings (SSSR count). The van der Waals surface area contributed by atoms with Gasteiger partial charge in [0.25, 0.3) is 0 Å². The minimum atomic E-state index is -0.856. The van der Waals surface area contributed by atoms with E-state index in [0.717, 1.165) is 10.8 Å². The van der Waals surface area contributed by atoms with Gasteiger partial charge >= 0.3 is 5.97 Å². The fourth-order valence-electron chi connectivity index (χ4n) is 2.01. The molecule has 1 atom stereocenters. The van der Waals surface area contributed by atoms with Crippen LogP contribution < -0.4 is 0 Å². The summed E-state index contributed by atoms with van der Waals surface area (Å²) in [6.07, 6.45) is 0.0197. The first-order valence-electron chi connectivity index (χ1n) is 5.51. The lowest BCUT2D eigenvalue weighted by Gasteiger charge is -2.12. The van der Waals surface area contributed by atoms with Crippen LogP contribution in [0, 0.1) is 0 Å². The highest BCUT2D eigenvalue weighted by molar-refractivity contribution is 5.85. The number of aromatic hydroxyl groups is 1. The molecule has 0 aliphatic heterocycles. The van der Waals surface area contributed by atoms with Crippen LogP contribution in [-0.2, 0) is 4.79 Å². The third kappa shape index (κ3) is 2.38. The van der Waals surface area contributed by atoms with Gasteiger partial charge in [0.1, 0.15) is 5.75 Å². The zero-order valence-corrected chi connectivity index (χ0v) is 9.55. The van der Waals surface area contributed by atoms with Gasteiger partial charge in [0.2, 0.25) is 0 Å². The number of benzene rings is 2. The van der Waals surface area contributed by atoms with Crippen molar-refractivity contribution < 1.29 is 15.0 Å². The van der Waals surface area contributed by atoms with Gasteiger partial charge in [-0.25, -0.2) is 0 Å². The summed E-state index contributed by atoms with van der Waals surface area (Å²) in [5.74, 6) is -0.889. The fraction of sp³-hybridized carbons (Fsp3) is 0.214. The zero-order valence-electron chi connectivity index (χ0n) is 9.55. The Balaban J connectivity index is 2.46. The van der Waals surface area contributed by atoms with E-state index in [4.69, 9.17) is 5.11 Å². The molecular weight excluding hydrogens is 216 g/mol. The molecule has 1 unspecified atom stereocenters. The normalized spacial score (nSPS) is 12.5. The highest BCUT2D eigenvalue weighted by atomic mass is 16.4. The average molecular weight is 230 g/mol. The second-order valence-corrected chi connectivity index (χ2v) is 4.26. The van der Waals surface area contributed by atoms with Crippen LogP contribution in [0.1, 0.15) is 24.8 Å². The molecular formula is C14H14O3. The van der Waals surface area contributed by atoms with E-state index in [1.165, 1.54) is 0 Å². The van der Waals surface area contributed by atoms with Crippen LogP contribution in [0.5, 0.6) is 5.75 Å². The molecule has 0 bridgehead atoms. The number of carboxylic acid groups (broad SMARTS) is 1. The predicted molar refractivity (Wildman–Crippen MR) is 66.3 cm³/mol. The Bertz CT molecular complexity index is 560. The number of phenols is 1. The lowest BCUT2D eigenvalue weighted by atomic mass is 9.94. The van der Waals surface area contributed by atoms with Gasteiger partial charge in [-0.1, -0.05) is 31.2 Å². The molecule has 0 radical (unpaired) electrons. The average Bonchev–Trinajstić information content (AvgIpc) is 2.27. The third-order valence-electron chi connectivity index (χ3n) is 2.91. The van der Waals surface area contributed by atoms with E-state index >= 15 is 0 Å². The first-order chi connectivity index (χ1) is 8.08. The lowest BCUT2D eigenvalue weighted by molar-refractivity contribution is -0.137.